The van der Waals surface area contributed by atoms with Gasteiger partial charge < -0.3 is 10.2 Å². The topological polar surface area (TPSA) is 15.3 Å². The number of anilines is 1. The molecule has 0 aliphatic heterocycles. The monoisotopic (exact) mass is 288 g/mol. The standard InChI is InChI=1S/C11H17BrN2S/c1-13-7-11(5-6-11)8-14(2)10-4-3-9(12)15-10/h3-4,13H,5-8H2,1-2H3. The van der Waals surface area contributed by atoms with Crippen LogP contribution in [0.2, 0.25) is 0 Å². The highest BCUT2D eigenvalue weighted by atomic mass is 79.9. The zero-order valence-corrected chi connectivity index (χ0v) is 11.6. The van der Waals surface area contributed by atoms with Crippen LogP contribution in [-0.2, 0) is 0 Å². The minimum Gasteiger partial charge on any atom is -0.366 e. The van der Waals surface area contributed by atoms with Crippen molar-refractivity contribution in [2.24, 2.45) is 5.41 Å². The molecule has 2 rings (SSSR count). The Labute approximate surface area is 104 Å². The smallest absolute Gasteiger partial charge is 0.0917 e. The van der Waals surface area contributed by atoms with Crippen molar-refractivity contribution in [2.45, 2.75) is 12.8 Å². The van der Waals surface area contributed by atoms with Crippen LogP contribution in [0.5, 0.6) is 0 Å². The summed E-state index contributed by atoms with van der Waals surface area (Å²) in [6.07, 6.45) is 2.73. The van der Waals surface area contributed by atoms with Crippen LogP contribution in [0.1, 0.15) is 12.8 Å². The summed E-state index contributed by atoms with van der Waals surface area (Å²) in [5.41, 5.74) is 0.542. The Kier molecular flexibility index (Phi) is 3.38. The maximum Gasteiger partial charge on any atom is 0.0917 e. The van der Waals surface area contributed by atoms with Crippen molar-refractivity contribution in [1.82, 2.24) is 5.32 Å². The molecule has 2 nitrogen and oxygen atoms in total. The molecule has 1 aromatic rings. The second-order valence-electron chi connectivity index (χ2n) is 4.46. The lowest BCUT2D eigenvalue weighted by atomic mass is 10.1. The van der Waals surface area contributed by atoms with Gasteiger partial charge in [0.25, 0.3) is 0 Å². The van der Waals surface area contributed by atoms with Crippen LogP contribution in [0.15, 0.2) is 15.9 Å². The van der Waals surface area contributed by atoms with Crippen molar-refractivity contribution in [2.75, 3.05) is 32.1 Å². The van der Waals surface area contributed by atoms with Gasteiger partial charge in [0.05, 0.1) is 8.79 Å². The SMILES string of the molecule is CNCC1(CN(C)c2ccc(Br)s2)CC1. The highest BCUT2D eigenvalue weighted by Crippen LogP contribution is 2.46. The summed E-state index contributed by atoms with van der Waals surface area (Å²) in [7, 11) is 4.23. The number of thiophene rings is 1. The minimum atomic E-state index is 0.542. The third-order valence-corrected chi connectivity index (χ3v) is 4.75. The normalized spacial score (nSPS) is 17.8. The van der Waals surface area contributed by atoms with Crippen molar-refractivity contribution in [3.8, 4) is 0 Å². The first-order valence-corrected chi connectivity index (χ1v) is 6.87. The fourth-order valence-corrected chi connectivity index (χ4v) is 3.36. The maximum absolute atomic E-state index is 3.51. The van der Waals surface area contributed by atoms with E-state index in [0.29, 0.717) is 5.41 Å². The predicted molar refractivity (Wildman–Crippen MR) is 70.9 cm³/mol. The summed E-state index contributed by atoms with van der Waals surface area (Å²) in [5, 5.41) is 4.65. The Hall–Kier alpha value is -0.0600. The van der Waals surface area contributed by atoms with E-state index in [1.165, 1.54) is 28.2 Å². The van der Waals surface area contributed by atoms with Gasteiger partial charge in [-0.15, -0.1) is 11.3 Å². The molecule has 0 atom stereocenters. The van der Waals surface area contributed by atoms with E-state index in [-0.39, 0.29) is 0 Å². The summed E-state index contributed by atoms with van der Waals surface area (Å²) in [4.78, 5) is 2.37. The van der Waals surface area contributed by atoms with Crippen LogP contribution < -0.4 is 10.2 Å². The van der Waals surface area contributed by atoms with Gasteiger partial charge in [0.1, 0.15) is 0 Å². The fraction of sp³-hybridized carbons (Fsp3) is 0.636. The lowest BCUT2D eigenvalue weighted by Gasteiger charge is -2.24. The third-order valence-electron chi connectivity index (χ3n) is 3.02. The van der Waals surface area contributed by atoms with Gasteiger partial charge in [0.15, 0.2) is 0 Å². The van der Waals surface area contributed by atoms with Crippen molar-refractivity contribution >= 4 is 32.3 Å². The lowest BCUT2D eigenvalue weighted by Crippen LogP contribution is -2.32. The van der Waals surface area contributed by atoms with Gasteiger partial charge in [0, 0.05) is 25.6 Å². The number of nitrogens with zero attached hydrogens (tertiary/aromatic N) is 1. The Morgan fingerprint density at radius 1 is 1.53 bits per heavy atom. The van der Waals surface area contributed by atoms with E-state index in [2.05, 4.69) is 45.3 Å². The lowest BCUT2D eigenvalue weighted by molar-refractivity contribution is 0.483. The summed E-state index contributed by atoms with van der Waals surface area (Å²) >= 11 is 5.31. The van der Waals surface area contributed by atoms with Crippen molar-refractivity contribution in [3.05, 3.63) is 15.9 Å². The molecule has 1 fully saturated rings. The molecule has 1 aliphatic carbocycles. The zero-order chi connectivity index (χ0) is 10.9. The van der Waals surface area contributed by atoms with E-state index >= 15 is 0 Å². The number of hydrogen-bond donors (Lipinski definition) is 1. The first kappa shape index (κ1) is 11.4. The van der Waals surface area contributed by atoms with E-state index in [1.807, 2.05) is 7.05 Å². The van der Waals surface area contributed by atoms with Gasteiger partial charge in [-0.25, -0.2) is 0 Å². The highest BCUT2D eigenvalue weighted by molar-refractivity contribution is 9.11. The van der Waals surface area contributed by atoms with Gasteiger partial charge in [-0.1, -0.05) is 0 Å². The fourth-order valence-electron chi connectivity index (χ4n) is 2.03. The van der Waals surface area contributed by atoms with Crippen LogP contribution in [-0.4, -0.2) is 27.2 Å². The highest BCUT2D eigenvalue weighted by Gasteiger charge is 2.42. The summed E-state index contributed by atoms with van der Waals surface area (Å²) in [6, 6.07) is 4.30. The number of nitrogens with one attached hydrogen (secondary N) is 1. The molecule has 0 bridgehead atoms. The van der Waals surface area contributed by atoms with E-state index in [1.54, 1.807) is 11.3 Å². The predicted octanol–water partition coefficient (Wildman–Crippen LogP) is 2.95. The summed E-state index contributed by atoms with van der Waals surface area (Å²) in [5.74, 6) is 0. The van der Waals surface area contributed by atoms with Crippen molar-refractivity contribution in [3.63, 3.8) is 0 Å². The third kappa shape index (κ3) is 2.74. The molecule has 0 spiro atoms. The quantitative estimate of drug-likeness (QED) is 0.896. The minimum absolute atomic E-state index is 0.542. The first-order chi connectivity index (χ1) is 7.15. The van der Waals surface area contributed by atoms with Gasteiger partial charge in [-0.2, -0.15) is 0 Å². The molecule has 1 aliphatic rings. The van der Waals surface area contributed by atoms with E-state index in [9.17, 15) is 0 Å². The molecule has 0 amide bonds. The van der Waals surface area contributed by atoms with Gasteiger partial charge in [0.2, 0.25) is 0 Å². The van der Waals surface area contributed by atoms with E-state index in [4.69, 9.17) is 0 Å². The second kappa shape index (κ2) is 4.44. The molecule has 1 N–H and O–H groups in total. The Balaban J connectivity index is 1.95. The molecule has 0 unspecified atom stereocenters. The Morgan fingerprint density at radius 3 is 2.73 bits per heavy atom. The molecule has 0 aromatic carbocycles. The van der Waals surface area contributed by atoms with Crippen LogP contribution in [0, 0.1) is 5.41 Å². The number of hydrogen-bond acceptors (Lipinski definition) is 3. The molecule has 1 heterocycles. The van der Waals surface area contributed by atoms with Crippen LogP contribution in [0.4, 0.5) is 5.00 Å². The number of halogens is 1. The Bertz CT molecular complexity index is 333. The summed E-state index contributed by atoms with van der Waals surface area (Å²) < 4.78 is 1.21. The molecule has 0 radical (unpaired) electrons. The molecule has 0 saturated heterocycles. The molecular formula is C11H17BrN2S. The zero-order valence-electron chi connectivity index (χ0n) is 9.22. The van der Waals surface area contributed by atoms with Crippen molar-refractivity contribution in [1.29, 1.82) is 0 Å². The van der Waals surface area contributed by atoms with Gasteiger partial charge >= 0.3 is 0 Å². The molecule has 1 aromatic heterocycles. The van der Waals surface area contributed by atoms with Crippen molar-refractivity contribution < 1.29 is 0 Å². The van der Waals surface area contributed by atoms with E-state index in [0.717, 1.165) is 6.54 Å². The average Bonchev–Trinajstić information content (AvgIpc) is 2.77. The first-order valence-electron chi connectivity index (χ1n) is 5.26. The molecule has 1 saturated carbocycles. The summed E-state index contributed by atoms with van der Waals surface area (Å²) in [6.45, 7) is 2.31. The van der Waals surface area contributed by atoms with Gasteiger partial charge in [-0.05, 0) is 48.0 Å². The molecule has 84 valence electrons. The second-order valence-corrected chi connectivity index (χ2v) is 6.91. The van der Waals surface area contributed by atoms with Crippen LogP contribution in [0.25, 0.3) is 0 Å². The van der Waals surface area contributed by atoms with Crippen LogP contribution in [0.3, 0.4) is 0 Å². The molecular weight excluding hydrogens is 272 g/mol. The van der Waals surface area contributed by atoms with Gasteiger partial charge in [-0.3, -0.25) is 0 Å². The number of rotatable bonds is 5. The van der Waals surface area contributed by atoms with Crippen LogP contribution >= 0.6 is 27.3 Å². The van der Waals surface area contributed by atoms with E-state index < -0.39 is 0 Å². The maximum atomic E-state index is 3.51. The molecule has 4 heteroatoms. The largest absolute Gasteiger partial charge is 0.366 e. The molecule has 15 heavy (non-hydrogen) atoms. The Morgan fingerprint density at radius 2 is 2.27 bits per heavy atom. The average molecular weight is 289 g/mol.